The second-order valence-corrected chi connectivity index (χ2v) is 5.34. The number of unbranched alkanes of at least 4 members (excludes halogenated alkanes) is 1. The molecule has 2 aromatic rings. The molecule has 6 nitrogen and oxygen atoms in total. The fourth-order valence-corrected chi connectivity index (χ4v) is 2.09. The zero-order chi connectivity index (χ0) is 17.9. The molecule has 0 atom stereocenters. The number of nitrogens with two attached hydrogens (primary N) is 1. The van der Waals surface area contributed by atoms with Crippen LogP contribution in [0.15, 0.2) is 48.7 Å². The molecule has 0 bridgehead atoms. The Labute approximate surface area is 146 Å². The van der Waals surface area contributed by atoms with Crippen LogP contribution in [0.3, 0.4) is 0 Å². The Balaban J connectivity index is 1.84. The van der Waals surface area contributed by atoms with Crippen molar-refractivity contribution in [1.29, 1.82) is 0 Å². The van der Waals surface area contributed by atoms with Crippen LogP contribution in [-0.4, -0.2) is 23.5 Å². The summed E-state index contributed by atoms with van der Waals surface area (Å²) in [4.78, 5) is 26.6. The normalized spacial score (nSPS) is 9.60. The Morgan fingerprint density at radius 2 is 1.96 bits per heavy atom. The van der Waals surface area contributed by atoms with Crippen LogP contribution in [0.1, 0.15) is 30.5 Å². The molecule has 1 heterocycles. The summed E-state index contributed by atoms with van der Waals surface area (Å²) in [5.74, 6) is 5.93. The number of amides is 3. The number of anilines is 1. The van der Waals surface area contributed by atoms with Crippen LogP contribution in [0.2, 0.25) is 0 Å². The van der Waals surface area contributed by atoms with Gasteiger partial charge in [0, 0.05) is 30.4 Å². The van der Waals surface area contributed by atoms with Gasteiger partial charge in [0.1, 0.15) is 5.69 Å². The molecule has 1 aromatic heterocycles. The third-order valence-electron chi connectivity index (χ3n) is 3.28. The van der Waals surface area contributed by atoms with E-state index in [1.807, 2.05) is 42.5 Å². The molecule has 25 heavy (non-hydrogen) atoms. The number of hydrogen-bond donors (Lipinski definition) is 3. The van der Waals surface area contributed by atoms with E-state index in [1.54, 1.807) is 6.20 Å². The summed E-state index contributed by atoms with van der Waals surface area (Å²) in [6.45, 7) is 0.473. The van der Waals surface area contributed by atoms with E-state index < -0.39 is 6.03 Å². The molecule has 2 rings (SSSR count). The summed E-state index contributed by atoms with van der Waals surface area (Å²) in [7, 11) is 0. The molecule has 0 aliphatic carbocycles. The van der Waals surface area contributed by atoms with Gasteiger partial charge in [-0.25, -0.2) is 9.78 Å². The van der Waals surface area contributed by atoms with Crippen LogP contribution >= 0.6 is 0 Å². The van der Waals surface area contributed by atoms with Gasteiger partial charge in [-0.05, 0) is 49.1 Å². The van der Waals surface area contributed by atoms with E-state index in [1.165, 1.54) is 0 Å². The number of pyridine rings is 1. The van der Waals surface area contributed by atoms with Crippen molar-refractivity contribution >= 4 is 17.6 Å². The SMILES string of the molecule is NC(=O)NCCCCC(=O)Nc1cccc(C#Cc2ccccn2)c1. The van der Waals surface area contributed by atoms with Crippen LogP contribution < -0.4 is 16.4 Å². The Hall–Kier alpha value is -3.33. The van der Waals surface area contributed by atoms with Crippen LogP contribution in [0.4, 0.5) is 10.5 Å². The smallest absolute Gasteiger partial charge is 0.312 e. The topological polar surface area (TPSA) is 97.1 Å². The van der Waals surface area contributed by atoms with E-state index in [0.717, 1.165) is 5.56 Å². The lowest BCUT2D eigenvalue weighted by atomic mass is 10.2. The molecular weight excluding hydrogens is 316 g/mol. The molecule has 0 spiro atoms. The lowest BCUT2D eigenvalue weighted by Gasteiger charge is -2.06. The molecule has 0 saturated heterocycles. The number of hydrogen-bond acceptors (Lipinski definition) is 3. The fourth-order valence-electron chi connectivity index (χ4n) is 2.09. The van der Waals surface area contributed by atoms with E-state index in [-0.39, 0.29) is 5.91 Å². The van der Waals surface area contributed by atoms with E-state index in [2.05, 4.69) is 27.5 Å². The van der Waals surface area contributed by atoms with Crippen molar-refractivity contribution in [1.82, 2.24) is 10.3 Å². The molecule has 3 amide bonds. The Kier molecular flexibility index (Phi) is 7.01. The molecule has 0 radical (unpaired) electrons. The zero-order valence-corrected chi connectivity index (χ0v) is 13.8. The zero-order valence-electron chi connectivity index (χ0n) is 13.8. The van der Waals surface area contributed by atoms with Crippen LogP contribution in [-0.2, 0) is 4.79 Å². The van der Waals surface area contributed by atoms with Gasteiger partial charge in [-0.15, -0.1) is 0 Å². The molecule has 0 aliphatic heterocycles. The molecule has 0 fully saturated rings. The van der Waals surface area contributed by atoms with Gasteiger partial charge >= 0.3 is 6.03 Å². The van der Waals surface area contributed by atoms with E-state index >= 15 is 0 Å². The largest absolute Gasteiger partial charge is 0.352 e. The molecule has 0 aliphatic rings. The van der Waals surface area contributed by atoms with Gasteiger partial charge in [0.25, 0.3) is 0 Å². The highest BCUT2D eigenvalue weighted by molar-refractivity contribution is 5.90. The summed E-state index contributed by atoms with van der Waals surface area (Å²) in [6.07, 6.45) is 3.45. The number of rotatable bonds is 6. The summed E-state index contributed by atoms with van der Waals surface area (Å²) in [6, 6.07) is 12.4. The average Bonchev–Trinajstić information content (AvgIpc) is 2.60. The maximum absolute atomic E-state index is 11.9. The number of carbonyl (C=O) groups excluding carboxylic acids is 2. The first kappa shape index (κ1) is 18.0. The van der Waals surface area contributed by atoms with Gasteiger partial charge in [-0.3, -0.25) is 4.79 Å². The molecule has 0 saturated carbocycles. The minimum atomic E-state index is -0.548. The van der Waals surface area contributed by atoms with Gasteiger partial charge in [0.05, 0.1) is 0 Å². The van der Waals surface area contributed by atoms with Crippen molar-refractivity contribution in [3.8, 4) is 11.8 Å². The van der Waals surface area contributed by atoms with Crippen LogP contribution in [0, 0.1) is 11.8 Å². The monoisotopic (exact) mass is 336 g/mol. The number of aromatic nitrogens is 1. The standard InChI is InChI=1S/C19H20N4O2/c20-19(25)22-13-4-2-9-18(24)23-17-8-5-6-15(14-17)10-11-16-7-1-3-12-21-16/h1,3,5-8,12,14H,2,4,9,13H2,(H,23,24)(H3,20,22,25). The van der Waals surface area contributed by atoms with E-state index in [4.69, 9.17) is 5.73 Å². The van der Waals surface area contributed by atoms with Gasteiger partial charge in [-0.2, -0.15) is 0 Å². The molecule has 4 N–H and O–H groups in total. The quantitative estimate of drug-likeness (QED) is 0.557. The lowest BCUT2D eigenvalue weighted by molar-refractivity contribution is -0.116. The highest BCUT2D eigenvalue weighted by atomic mass is 16.2. The highest BCUT2D eigenvalue weighted by Crippen LogP contribution is 2.11. The summed E-state index contributed by atoms with van der Waals surface area (Å²) in [5, 5.41) is 5.34. The Morgan fingerprint density at radius 3 is 2.72 bits per heavy atom. The van der Waals surface area contributed by atoms with Crippen molar-refractivity contribution in [2.75, 3.05) is 11.9 Å². The number of nitrogens with one attached hydrogen (secondary N) is 2. The molecule has 0 unspecified atom stereocenters. The third-order valence-corrected chi connectivity index (χ3v) is 3.28. The Bertz CT molecular complexity index is 779. The van der Waals surface area contributed by atoms with Crippen molar-refractivity contribution < 1.29 is 9.59 Å². The first-order chi connectivity index (χ1) is 12.1. The number of carbonyl (C=O) groups is 2. The number of benzene rings is 1. The van der Waals surface area contributed by atoms with Gasteiger partial charge in [0.15, 0.2) is 0 Å². The van der Waals surface area contributed by atoms with Crippen molar-refractivity contribution in [3.05, 3.63) is 59.9 Å². The van der Waals surface area contributed by atoms with Crippen molar-refractivity contribution in [2.45, 2.75) is 19.3 Å². The fraction of sp³-hybridized carbons (Fsp3) is 0.211. The summed E-state index contributed by atoms with van der Waals surface area (Å²) in [5.41, 5.74) is 7.17. The Morgan fingerprint density at radius 1 is 1.08 bits per heavy atom. The van der Waals surface area contributed by atoms with Gasteiger partial charge < -0.3 is 16.4 Å². The maximum atomic E-state index is 11.9. The maximum Gasteiger partial charge on any atom is 0.312 e. The predicted octanol–water partition coefficient (Wildman–Crippen LogP) is 2.26. The summed E-state index contributed by atoms with van der Waals surface area (Å²) < 4.78 is 0. The summed E-state index contributed by atoms with van der Waals surface area (Å²) >= 11 is 0. The molecular formula is C19H20N4O2. The first-order valence-electron chi connectivity index (χ1n) is 8.00. The molecule has 1 aromatic carbocycles. The number of primary amides is 1. The van der Waals surface area contributed by atoms with Gasteiger partial charge in [0.2, 0.25) is 5.91 Å². The highest BCUT2D eigenvalue weighted by Gasteiger charge is 2.03. The lowest BCUT2D eigenvalue weighted by Crippen LogP contribution is -2.30. The third kappa shape index (κ3) is 7.18. The molecule has 6 heteroatoms. The first-order valence-corrected chi connectivity index (χ1v) is 8.00. The average molecular weight is 336 g/mol. The number of urea groups is 1. The van der Waals surface area contributed by atoms with E-state index in [0.29, 0.717) is 37.2 Å². The van der Waals surface area contributed by atoms with Crippen molar-refractivity contribution in [3.63, 3.8) is 0 Å². The second-order valence-electron chi connectivity index (χ2n) is 5.34. The van der Waals surface area contributed by atoms with Crippen LogP contribution in [0.25, 0.3) is 0 Å². The predicted molar refractivity (Wildman–Crippen MR) is 96.7 cm³/mol. The van der Waals surface area contributed by atoms with Crippen molar-refractivity contribution in [2.24, 2.45) is 5.73 Å². The second kappa shape index (κ2) is 9.73. The number of nitrogens with zero attached hydrogens (tertiary/aromatic N) is 1. The van der Waals surface area contributed by atoms with Gasteiger partial charge in [-0.1, -0.05) is 18.1 Å². The van der Waals surface area contributed by atoms with Crippen LogP contribution in [0.5, 0.6) is 0 Å². The minimum absolute atomic E-state index is 0.0751. The minimum Gasteiger partial charge on any atom is -0.352 e. The van der Waals surface area contributed by atoms with E-state index in [9.17, 15) is 9.59 Å². The molecule has 128 valence electrons.